The summed E-state index contributed by atoms with van der Waals surface area (Å²) < 4.78 is 7.07. The average molecular weight is 426 g/mol. The van der Waals surface area contributed by atoms with Gasteiger partial charge in [0.2, 0.25) is 11.1 Å². The van der Waals surface area contributed by atoms with Crippen molar-refractivity contribution in [2.24, 2.45) is 0 Å². The monoisotopic (exact) mass is 426 g/mol. The normalized spacial score (nSPS) is 10.8. The third-order valence-corrected chi connectivity index (χ3v) is 5.68. The van der Waals surface area contributed by atoms with Crippen LogP contribution in [0.15, 0.2) is 53.7 Å². The number of para-hydroxylation sites is 1. The van der Waals surface area contributed by atoms with E-state index in [1.54, 1.807) is 22.9 Å². The van der Waals surface area contributed by atoms with E-state index in [1.807, 2.05) is 30.3 Å². The molecule has 11 heteroatoms. The lowest BCUT2D eigenvalue weighted by atomic mass is 10.2. The van der Waals surface area contributed by atoms with Gasteiger partial charge in [-0.15, -0.1) is 5.10 Å². The van der Waals surface area contributed by atoms with Crippen molar-refractivity contribution in [2.45, 2.75) is 5.16 Å². The number of esters is 1. The Morgan fingerprint density at radius 1 is 1.21 bits per heavy atom. The highest BCUT2D eigenvalue weighted by atomic mass is 32.2. The second-order valence-electron chi connectivity index (χ2n) is 5.74. The maximum Gasteiger partial charge on any atom is 0.337 e. The highest BCUT2D eigenvalue weighted by Gasteiger charge is 2.14. The molecule has 0 aliphatic rings. The Morgan fingerprint density at radius 3 is 2.83 bits per heavy atom. The second-order valence-corrected chi connectivity index (χ2v) is 7.71. The lowest BCUT2D eigenvalue weighted by Gasteiger charge is -2.03. The number of benzene rings is 2. The van der Waals surface area contributed by atoms with Gasteiger partial charge < -0.3 is 10.1 Å². The number of fused-ring (bicyclic) bond motifs is 1. The van der Waals surface area contributed by atoms with Gasteiger partial charge in [-0.3, -0.25) is 4.79 Å². The van der Waals surface area contributed by atoms with Crippen LogP contribution in [-0.4, -0.2) is 49.9 Å². The molecule has 9 nitrogen and oxygen atoms in total. The number of tetrazole rings is 1. The summed E-state index contributed by atoms with van der Waals surface area (Å²) in [5, 5.41) is 15.3. The molecule has 0 saturated carbocycles. The van der Waals surface area contributed by atoms with E-state index in [1.165, 1.54) is 30.2 Å². The van der Waals surface area contributed by atoms with Gasteiger partial charge in [0.15, 0.2) is 5.13 Å². The smallest absolute Gasteiger partial charge is 0.337 e. The summed E-state index contributed by atoms with van der Waals surface area (Å²) >= 11 is 2.51. The first-order valence-electron chi connectivity index (χ1n) is 8.39. The molecule has 1 N–H and O–H groups in total. The number of amides is 1. The SMILES string of the molecule is COC(=O)c1ccc2nc(NC(=O)CSc3nnnn3-c3ccccc3)sc2c1. The lowest BCUT2D eigenvalue weighted by molar-refractivity contribution is -0.113. The molecule has 0 fully saturated rings. The Kier molecular flexibility index (Phi) is 5.49. The molecule has 0 atom stereocenters. The fourth-order valence-corrected chi connectivity index (χ4v) is 4.12. The molecule has 0 aliphatic heterocycles. The van der Waals surface area contributed by atoms with Crippen molar-refractivity contribution >= 4 is 50.3 Å². The van der Waals surface area contributed by atoms with Crippen LogP contribution in [0.4, 0.5) is 5.13 Å². The second kappa shape index (κ2) is 8.37. The van der Waals surface area contributed by atoms with Crippen molar-refractivity contribution < 1.29 is 14.3 Å². The molecule has 0 unspecified atom stereocenters. The van der Waals surface area contributed by atoms with Crippen LogP contribution in [-0.2, 0) is 9.53 Å². The van der Waals surface area contributed by atoms with Crippen LogP contribution in [0.3, 0.4) is 0 Å². The van der Waals surface area contributed by atoms with E-state index in [2.05, 4.69) is 25.8 Å². The van der Waals surface area contributed by atoms with Crippen LogP contribution in [0, 0.1) is 0 Å². The Morgan fingerprint density at radius 2 is 2.03 bits per heavy atom. The van der Waals surface area contributed by atoms with Gasteiger partial charge in [-0.2, -0.15) is 4.68 Å². The number of anilines is 1. The maximum absolute atomic E-state index is 12.3. The Hall–Kier alpha value is -3.31. The molecule has 0 radical (unpaired) electrons. The zero-order valence-electron chi connectivity index (χ0n) is 15.1. The highest BCUT2D eigenvalue weighted by Crippen LogP contribution is 2.27. The molecule has 146 valence electrons. The summed E-state index contributed by atoms with van der Waals surface area (Å²) in [6.45, 7) is 0. The summed E-state index contributed by atoms with van der Waals surface area (Å²) in [5.74, 6) is -0.528. The molecule has 0 spiro atoms. The van der Waals surface area contributed by atoms with Crippen molar-refractivity contribution in [3.05, 3.63) is 54.1 Å². The third-order valence-electron chi connectivity index (χ3n) is 3.83. The number of ether oxygens (including phenoxy) is 1. The number of thiazole rings is 1. The van der Waals surface area contributed by atoms with E-state index in [0.717, 1.165) is 10.4 Å². The van der Waals surface area contributed by atoms with Crippen LogP contribution in [0.25, 0.3) is 15.9 Å². The number of hydrogen-bond donors (Lipinski definition) is 1. The summed E-state index contributed by atoms with van der Waals surface area (Å²) in [4.78, 5) is 28.3. The fourth-order valence-electron chi connectivity index (χ4n) is 2.51. The first kappa shape index (κ1) is 19.0. The number of rotatable bonds is 6. The van der Waals surface area contributed by atoms with Crippen LogP contribution in [0.1, 0.15) is 10.4 Å². The Bertz CT molecular complexity index is 1170. The molecule has 29 heavy (non-hydrogen) atoms. The first-order valence-corrected chi connectivity index (χ1v) is 10.2. The standard InChI is InChI=1S/C18H14N6O3S2/c1-27-16(26)11-7-8-13-14(9-11)29-17(19-13)20-15(25)10-28-18-21-22-23-24(18)12-5-3-2-4-6-12/h2-9H,10H2,1H3,(H,19,20,25). The number of nitrogens with zero attached hydrogens (tertiary/aromatic N) is 5. The molecule has 2 aromatic carbocycles. The molecular formula is C18H14N6O3S2. The van der Waals surface area contributed by atoms with E-state index in [0.29, 0.717) is 21.4 Å². The quantitative estimate of drug-likeness (QED) is 0.370. The van der Waals surface area contributed by atoms with Crippen LogP contribution in [0.5, 0.6) is 0 Å². The molecule has 0 aliphatic carbocycles. The van der Waals surface area contributed by atoms with Gasteiger partial charge in [0.25, 0.3) is 0 Å². The highest BCUT2D eigenvalue weighted by molar-refractivity contribution is 7.99. The van der Waals surface area contributed by atoms with Crippen molar-refractivity contribution in [1.29, 1.82) is 0 Å². The van der Waals surface area contributed by atoms with Gasteiger partial charge >= 0.3 is 5.97 Å². The molecule has 2 heterocycles. The van der Waals surface area contributed by atoms with Gasteiger partial charge in [-0.05, 0) is 40.8 Å². The molecule has 4 rings (SSSR count). The first-order chi connectivity index (χ1) is 14.1. The van der Waals surface area contributed by atoms with Gasteiger partial charge in [-0.1, -0.05) is 41.3 Å². The number of carbonyl (C=O) groups excluding carboxylic acids is 2. The lowest BCUT2D eigenvalue weighted by Crippen LogP contribution is -2.14. The Labute approximate surface area is 173 Å². The van der Waals surface area contributed by atoms with Gasteiger partial charge in [-0.25, -0.2) is 9.78 Å². The van der Waals surface area contributed by atoms with Crippen LogP contribution < -0.4 is 5.32 Å². The predicted octanol–water partition coefficient (Wildman–Crippen LogP) is 2.79. The molecular weight excluding hydrogens is 412 g/mol. The fraction of sp³-hybridized carbons (Fsp3) is 0.111. The Balaban J connectivity index is 1.42. The molecule has 0 bridgehead atoms. The average Bonchev–Trinajstić information content (AvgIpc) is 3.38. The van der Waals surface area contributed by atoms with Gasteiger partial charge in [0, 0.05) is 0 Å². The number of thioether (sulfide) groups is 1. The summed E-state index contributed by atoms with van der Waals surface area (Å²) in [6, 6.07) is 14.5. The van der Waals surface area contributed by atoms with Crippen molar-refractivity contribution in [3.8, 4) is 5.69 Å². The number of methoxy groups -OCH3 is 1. The van der Waals surface area contributed by atoms with Crippen molar-refractivity contribution in [1.82, 2.24) is 25.2 Å². The van der Waals surface area contributed by atoms with Crippen LogP contribution in [0.2, 0.25) is 0 Å². The third kappa shape index (κ3) is 4.25. The molecule has 4 aromatic rings. The zero-order chi connectivity index (χ0) is 20.2. The maximum atomic E-state index is 12.3. The predicted molar refractivity (Wildman–Crippen MR) is 109 cm³/mol. The molecule has 0 saturated heterocycles. The van der Waals surface area contributed by atoms with E-state index in [4.69, 9.17) is 4.74 Å². The van der Waals surface area contributed by atoms with Gasteiger partial charge in [0.1, 0.15) is 0 Å². The number of carbonyl (C=O) groups is 2. The number of aromatic nitrogens is 5. The van der Waals surface area contributed by atoms with Crippen LogP contribution >= 0.6 is 23.1 Å². The number of nitrogens with one attached hydrogen (secondary N) is 1. The topological polar surface area (TPSA) is 112 Å². The summed E-state index contributed by atoms with van der Waals surface area (Å²) in [7, 11) is 1.33. The number of hydrogen-bond acceptors (Lipinski definition) is 9. The summed E-state index contributed by atoms with van der Waals surface area (Å²) in [5.41, 5.74) is 1.94. The van der Waals surface area contributed by atoms with E-state index in [-0.39, 0.29) is 11.7 Å². The minimum Gasteiger partial charge on any atom is -0.465 e. The van der Waals surface area contributed by atoms with Crippen molar-refractivity contribution in [3.63, 3.8) is 0 Å². The van der Waals surface area contributed by atoms with E-state index in [9.17, 15) is 9.59 Å². The molecule has 2 aromatic heterocycles. The van der Waals surface area contributed by atoms with E-state index < -0.39 is 5.97 Å². The summed E-state index contributed by atoms with van der Waals surface area (Å²) in [6.07, 6.45) is 0. The minimum absolute atomic E-state index is 0.122. The molecule has 1 amide bonds. The van der Waals surface area contributed by atoms with Gasteiger partial charge in [0.05, 0.1) is 34.3 Å². The van der Waals surface area contributed by atoms with Crippen molar-refractivity contribution in [2.75, 3.05) is 18.2 Å². The zero-order valence-corrected chi connectivity index (χ0v) is 16.7. The van der Waals surface area contributed by atoms with E-state index >= 15 is 0 Å². The largest absolute Gasteiger partial charge is 0.465 e. The minimum atomic E-state index is -0.418.